The lowest BCUT2D eigenvalue weighted by atomic mass is 9.85. The van der Waals surface area contributed by atoms with Crippen molar-refractivity contribution in [2.24, 2.45) is 5.92 Å². The molecule has 0 aromatic heterocycles. The molecule has 1 aliphatic carbocycles. The number of hydrogen-bond acceptors (Lipinski definition) is 2. The van der Waals surface area contributed by atoms with Crippen molar-refractivity contribution in [3.05, 3.63) is 34.3 Å². The predicted octanol–water partition coefficient (Wildman–Crippen LogP) is 4.22. The maximum Gasteiger partial charge on any atom is 0.0330 e. The van der Waals surface area contributed by atoms with Crippen LogP contribution in [-0.4, -0.2) is 31.6 Å². The minimum Gasteiger partial charge on any atom is -0.313 e. The van der Waals surface area contributed by atoms with Crippen molar-refractivity contribution in [3.8, 4) is 0 Å². The largest absolute Gasteiger partial charge is 0.313 e. The molecule has 2 nitrogen and oxygen atoms in total. The molecule has 0 saturated heterocycles. The van der Waals surface area contributed by atoms with Gasteiger partial charge in [0.25, 0.3) is 0 Å². The summed E-state index contributed by atoms with van der Waals surface area (Å²) in [6.45, 7) is 5.94. The summed E-state index contributed by atoms with van der Waals surface area (Å²) in [6, 6.07) is 9.10. The lowest BCUT2D eigenvalue weighted by Gasteiger charge is -2.32. The SMILES string of the molecule is CCN(CCC(NC)c1cccc(Br)c1)CC1CCC1. The number of nitrogens with one attached hydrogen (secondary N) is 1. The third-order valence-electron chi connectivity index (χ3n) is 4.52. The molecule has 112 valence electrons. The van der Waals surface area contributed by atoms with Crippen molar-refractivity contribution in [1.82, 2.24) is 10.2 Å². The van der Waals surface area contributed by atoms with Gasteiger partial charge in [0.05, 0.1) is 0 Å². The molecule has 0 bridgehead atoms. The van der Waals surface area contributed by atoms with Crippen molar-refractivity contribution < 1.29 is 0 Å². The van der Waals surface area contributed by atoms with Gasteiger partial charge in [0, 0.05) is 17.1 Å². The fourth-order valence-corrected chi connectivity index (χ4v) is 3.35. The minimum absolute atomic E-state index is 0.447. The van der Waals surface area contributed by atoms with Gasteiger partial charge in [0.15, 0.2) is 0 Å². The van der Waals surface area contributed by atoms with Gasteiger partial charge in [-0.1, -0.05) is 41.4 Å². The second kappa shape index (κ2) is 8.16. The zero-order valence-corrected chi connectivity index (χ0v) is 14.3. The fourth-order valence-electron chi connectivity index (χ4n) is 2.93. The van der Waals surface area contributed by atoms with Gasteiger partial charge in [-0.15, -0.1) is 0 Å². The van der Waals surface area contributed by atoms with Gasteiger partial charge in [0.1, 0.15) is 0 Å². The Morgan fingerprint density at radius 3 is 2.75 bits per heavy atom. The summed E-state index contributed by atoms with van der Waals surface area (Å²) in [5.41, 5.74) is 1.38. The Kier molecular flexibility index (Phi) is 6.53. The van der Waals surface area contributed by atoms with Crippen LogP contribution in [0.1, 0.15) is 44.2 Å². The van der Waals surface area contributed by atoms with E-state index in [0.29, 0.717) is 6.04 Å². The van der Waals surface area contributed by atoms with E-state index in [0.717, 1.165) is 10.4 Å². The van der Waals surface area contributed by atoms with Crippen LogP contribution in [0.5, 0.6) is 0 Å². The van der Waals surface area contributed by atoms with Crippen molar-refractivity contribution in [2.45, 2.75) is 38.6 Å². The van der Waals surface area contributed by atoms with E-state index in [1.54, 1.807) is 0 Å². The molecular formula is C17H27BrN2. The topological polar surface area (TPSA) is 15.3 Å². The smallest absolute Gasteiger partial charge is 0.0330 e. The third-order valence-corrected chi connectivity index (χ3v) is 5.02. The quantitative estimate of drug-likeness (QED) is 0.763. The Labute approximate surface area is 132 Å². The molecule has 2 rings (SSSR count). The Balaban J connectivity index is 1.85. The highest BCUT2D eigenvalue weighted by molar-refractivity contribution is 9.10. The summed E-state index contributed by atoms with van der Waals surface area (Å²) < 4.78 is 1.16. The highest BCUT2D eigenvalue weighted by Gasteiger charge is 2.20. The second-order valence-electron chi connectivity index (χ2n) is 5.88. The van der Waals surface area contributed by atoms with Crippen LogP contribution in [-0.2, 0) is 0 Å². The zero-order valence-electron chi connectivity index (χ0n) is 12.7. The molecule has 1 aromatic rings. The number of hydrogen-bond donors (Lipinski definition) is 1. The number of halogens is 1. The maximum absolute atomic E-state index is 3.56. The van der Waals surface area contributed by atoms with Crippen LogP contribution >= 0.6 is 15.9 Å². The van der Waals surface area contributed by atoms with Crippen LogP contribution in [0.3, 0.4) is 0 Å². The van der Waals surface area contributed by atoms with E-state index in [-0.39, 0.29) is 0 Å². The monoisotopic (exact) mass is 338 g/mol. The lowest BCUT2D eigenvalue weighted by Crippen LogP contribution is -2.34. The second-order valence-corrected chi connectivity index (χ2v) is 6.79. The van der Waals surface area contributed by atoms with E-state index in [4.69, 9.17) is 0 Å². The summed E-state index contributed by atoms with van der Waals surface area (Å²) >= 11 is 3.56. The van der Waals surface area contributed by atoms with Crippen molar-refractivity contribution in [2.75, 3.05) is 26.7 Å². The van der Waals surface area contributed by atoms with E-state index in [2.05, 4.69) is 64.4 Å². The average molecular weight is 339 g/mol. The molecule has 0 amide bonds. The van der Waals surface area contributed by atoms with Crippen LogP contribution in [0.2, 0.25) is 0 Å². The fraction of sp³-hybridized carbons (Fsp3) is 0.647. The first-order valence-corrected chi connectivity index (χ1v) is 8.67. The van der Waals surface area contributed by atoms with Crippen LogP contribution in [0, 0.1) is 5.92 Å². The number of nitrogens with zero attached hydrogens (tertiary/aromatic N) is 1. The molecule has 3 heteroatoms. The van der Waals surface area contributed by atoms with E-state index < -0.39 is 0 Å². The Hall–Kier alpha value is -0.380. The van der Waals surface area contributed by atoms with Crippen molar-refractivity contribution >= 4 is 15.9 Å². The standard InChI is InChI=1S/C17H27BrN2/c1-3-20(13-14-6-4-7-14)11-10-17(19-2)15-8-5-9-16(18)12-15/h5,8-9,12,14,17,19H,3-4,6-7,10-11,13H2,1-2H3. The van der Waals surface area contributed by atoms with Crippen molar-refractivity contribution in [1.29, 1.82) is 0 Å². The van der Waals surface area contributed by atoms with Gasteiger partial charge >= 0.3 is 0 Å². The first kappa shape index (κ1) is 16.0. The Bertz CT molecular complexity index is 404. The normalized spacial score (nSPS) is 17.2. The summed E-state index contributed by atoms with van der Waals surface area (Å²) in [5, 5.41) is 3.46. The summed E-state index contributed by atoms with van der Waals surface area (Å²) in [5.74, 6) is 0.967. The molecule has 0 radical (unpaired) electrons. The summed E-state index contributed by atoms with van der Waals surface area (Å²) in [7, 11) is 2.06. The van der Waals surface area contributed by atoms with Gasteiger partial charge in [-0.2, -0.15) is 0 Å². The Morgan fingerprint density at radius 2 is 2.20 bits per heavy atom. The molecule has 0 aliphatic heterocycles. The summed E-state index contributed by atoms with van der Waals surface area (Å²) in [4.78, 5) is 2.62. The van der Waals surface area contributed by atoms with E-state index in [1.807, 2.05) is 0 Å². The first-order valence-electron chi connectivity index (χ1n) is 7.88. The zero-order chi connectivity index (χ0) is 14.4. The van der Waals surface area contributed by atoms with E-state index in [1.165, 1.54) is 50.9 Å². The van der Waals surface area contributed by atoms with Gasteiger partial charge in [-0.05, 0) is 63.0 Å². The molecule has 1 aromatic carbocycles. The van der Waals surface area contributed by atoms with Gasteiger partial charge in [-0.25, -0.2) is 0 Å². The maximum atomic E-state index is 3.56. The van der Waals surface area contributed by atoms with Crippen LogP contribution in [0.15, 0.2) is 28.7 Å². The number of benzene rings is 1. The molecule has 1 saturated carbocycles. The highest BCUT2D eigenvalue weighted by atomic mass is 79.9. The molecule has 1 unspecified atom stereocenters. The van der Waals surface area contributed by atoms with Crippen LogP contribution in [0.4, 0.5) is 0 Å². The first-order chi connectivity index (χ1) is 9.72. The van der Waals surface area contributed by atoms with E-state index >= 15 is 0 Å². The lowest BCUT2D eigenvalue weighted by molar-refractivity contribution is 0.178. The summed E-state index contributed by atoms with van der Waals surface area (Å²) in [6.07, 6.45) is 5.50. The van der Waals surface area contributed by atoms with Crippen LogP contribution in [0.25, 0.3) is 0 Å². The predicted molar refractivity (Wildman–Crippen MR) is 90.0 cm³/mol. The van der Waals surface area contributed by atoms with Crippen LogP contribution < -0.4 is 5.32 Å². The van der Waals surface area contributed by atoms with Crippen molar-refractivity contribution in [3.63, 3.8) is 0 Å². The third kappa shape index (κ3) is 4.57. The molecule has 1 N–H and O–H groups in total. The Morgan fingerprint density at radius 1 is 1.40 bits per heavy atom. The molecule has 0 heterocycles. The molecule has 0 spiro atoms. The molecule has 1 aliphatic rings. The molecule has 1 atom stereocenters. The average Bonchev–Trinajstić information content (AvgIpc) is 2.41. The van der Waals surface area contributed by atoms with Gasteiger partial charge < -0.3 is 10.2 Å². The van der Waals surface area contributed by atoms with Gasteiger partial charge in [-0.3, -0.25) is 0 Å². The minimum atomic E-state index is 0.447. The van der Waals surface area contributed by atoms with E-state index in [9.17, 15) is 0 Å². The molecule has 20 heavy (non-hydrogen) atoms. The molecule has 1 fully saturated rings. The number of rotatable bonds is 8. The molecular weight excluding hydrogens is 312 g/mol. The highest BCUT2D eigenvalue weighted by Crippen LogP contribution is 2.27. The van der Waals surface area contributed by atoms with Gasteiger partial charge in [0.2, 0.25) is 0 Å².